The second kappa shape index (κ2) is 14.0. The van der Waals surface area contributed by atoms with Gasteiger partial charge in [-0.25, -0.2) is 4.79 Å². The Kier molecular flexibility index (Phi) is 11.9. The van der Waals surface area contributed by atoms with Crippen LogP contribution in [-0.4, -0.2) is 96.6 Å². The Balaban J connectivity index is 2.25. The second-order valence-electron chi connectivity index (χ2n) is 15.8. The van der Waals surface area contributed by atoms with E-state index in [1.54, 1.807) is 41.5 Å². The van der Waals surface area contributed by atoms with Gasteiger partial charge in [0.1, 0.15) is 29.3 Å². The third-order valence-electron chi connectivity index (χ3n) is 7.86. The van der Waals surface area contributed by atoms with Gasteiger partial charge in [-0.1, -0.05) is 34.6 Å². The van der Waals surface area contributed by atoms with E-state index in [1.165, 1.54) is 12.0 Å². The number of nitrogens with zero attached hydrogens (tertiary/aromatic N) is 1. The van der Waals surface area contributed by atoms with E-state index in [9.17, 15) is 28.8 Å². The number of amides is 4. The van der Waals surface area contributed by atoms with Crippen LogP contribution in [0.15, 0.2) is 0 Å². The van der Waals surface area contributed by atoms with E-state index in [-0.39, 0.29) is 36.8 Å². The standard InChI is InChI=1S/C32H54N4O9/c1-29(2,3)24(35-28(42)45-31(7,8)9)27(41)36-16-18-15-32(10,11)21(18)22(36)25(39)34-19(17-43-12)23(38)26(40)33-14-13-20(37)44-30(4,5)6/h18-19,21-22,24H,13-17H2,1-12H3,(H,33,40)(H,34,39)(H,35,42)/t18-,19?,21-,22-,24+/m0/s1. The minimum atomic E-state index is -1.33. The van der Waals surface area contributed by atoms with Crippen LogP contribution in [0.3, 0.4) is 0 Å². The number of ketones is 1. The number of Topliss-reactive ketones (excluding diaryl/α,β-unsaturated/α-hetero) is 1. The van der Waals surface area contributed by atoms with Gasteiger partial charge in [0.25, 0.3) is 5.91 Å². The molecule has 2 rings (SSSR count). The zero-order valence-corrected chi connectivity index (χ0v) is 29.0. The molecule has 1 saturated carbocycles. The monoisotopic (exact) mass is 638 g/mol. The highest BCUT2D eigenvalue weighted by molar-refractivity contribution is 6.38. The van der Waals surface area contributed by atoms with Gasteiger partial charge in [0.15, 0.2) is 0 Å². The highest BCUT2D eigenvalue weighted by Gasteiger charge is 2.61. The SMILES string of the molecule is COCC(NC(=O)[C@@H]1[C@@H]2[C@H](CN1C(=O)[C@@H](NC(=O)OC(C)(C)C)C(C)(C)C)CC2(C)C)C(=O)C(=O)NCCC(=O)OC(C)(C)C. The molecule has 0 aromatic carbocycles. The van der Waals surface area contributed by atoms with Crippen LogP contribution in [0.5, 0.6) is 0 Å². The number of carbonyl (C=O) groups excluding carboxylic acids is 6. The smallest absolute Gasteiger partial charge is 0.408 e. The summed E-state index contributed by atoms with van der Waals surface area (Å²) in [6.07, 6.45) is -0.0882. The van der Waals surface area contributed by atoms with E-state index < -0.39 is 70.3 Å². The molecule has 45 heavy (non-hydrogen) atoms. The predicted octanol–water partition coefficient (Wildman–Crippen LogP) is 2.35. The lowest BCUT2D eigenvalue weighted by molar-refractivity contribution is -0.154. The average Bonchev–Trinajstić information content (AvgIpc) is 3.18. The maximum Gasteiger partial charge on any atom is 0.408 e. The molecule has 1 aliphatic heterocycles. The first kappa shape index (κ1) is 38.0. The van der Waals surface area contributed by atoms with Gasteiger partial charge < -0.3 is 35.1 Å². The van der Waals surface area contributed by atoms with Crippen molar-refractivity contribution in [1.29, 1.82) is 0 Å². The van der Waals surface area contributed by atoms with Gasteiger partial charge in [-0.15, -0.1) is 0 Å². The van der Waals surface area contributed by atoms with Gasteiger partial charge >= 0.3 is 12.1 Å². The number of fused-ring (bicyclic) bond motifs is 1. The first-order chi connectivity index (χ1) is 20.4. The summed E-state index contributed by atoms with van der Waals surface area (Å²) in [6, 6.07) is -3.28. The van der Waals surface area contributed by atoms with Crippen molar-refractivity contribution in [3.8, 4) is 0 Å². The minimum Gasteiger partial charge on any atom is -0.460 e. The molecule has 5 atom stereocenters. The highest BCUT2D eigenvalue weighted by Crippen LogP contribution is 2.57. The highest BCUT2D eigenvalue weighted by atomic mass is 16.6. The second-order valence-corrected chi connectivity index (χ2v) is 15.8. The fourth-order valence-electron chi connectivity index (χ4n) is 6.13. The summed E-state index contributed by atoms with van der Waals surface area (Å²) in [6.45, 7) is 19.7. The number of likely N-dealkylation sites (tertiary alicyclic amines) is 1. The molecule has 13 heteroatoms. The normalized spacial score (nSPS) is 22.2. The van der Waals surface area contributed by atoms with Crippen molar-refractivity contribution in [2.75, 3.05) is 26.8 Å². The number of ether oxygens (including phenoxy) is 3. The van der Waals surface area contributed by atoms with Crippen LogP contribution in [0.4, 0.5) is 4.79 Å². The summed E-state index contributed by atoms with van der Waals surface area (Å²) < 4.78 is 15.8. The fourth-order valence-corrected chi connectivity index (χ4v) is 6.13. The molecule has 0 bridgehead atoms. The number of carbonyl (C=O) groups is 6. The number of esters is 1. The summed E-state index contributed by atoms with van der Waals surface area (Å²) in [5.74, 6) is -3.65. The number of hydrogen-bond acceptors (Lipinski definition) is 9. The van der Waals surface area contributed by atoms with Crippen LogP contribution in [0.2, 0.25) is 0 Å². The van der Waals surface area contributed by atoms with E-state index in [4.69, 9.17) is 14.2 Å². The fraction of sp³-hybridized carbons (Fsp3) is 0.812. The molecule has 4 amide bonds. The van der Waals surface area contributed by atoms with Crippen molar-refractivity contribution in [3.05, 3.63) is 0 Å². The number of nitrogens with one attached hydrogen (secondary N) is 3. The average molecular weight is 639 g/mol. The van der Waals surface area contributed by atoms with Gasteiger partial charge in [-0.3, -0.25) is 24.0 Å². The van der Waals surface area contributed by atoms with Gasteiger partial charge in [0.2, 0.25) is 17.6 Å². The van der Waals surface area contributed by atoms with Crippen molar-refractivity contribution >= 4 is 35.6 Å². The zero-order valence-electron chi connectivity index (χ0n) is 29.0. The minimum absolute atomic E-state index is 0.0505. The van der Waals surface area contributed by atoms with Crippen LogP contribution in [0.25, 0.3) is 0 Å². The number of rotatable bonds is 11. The first-order valence-corrected chi connectivity index (χ1v) is 15.5. The van der Waals surface area contributed by atoms with Crippen LogP contribution >= 0.6 is 0 Å². The molecule has 0 spiro atoms. The van der Waals surface area contributed by atoms with E-state index in [2.05, 4.69) is 16.0 Å². The molecule has 2 aliphatic rings. The lowest BCUT2D eigenvalue weighted by Gasteiger charge is -2.49. The largest absolute Gasteiger partial charge is 0.460 e. The predicted molar refractivity (Wildman–Crippen MR) is 166 cm³/mol. The van der Waals surface area contributed by atoms with Gasteiger partial charge in [0, 0.05) is 20.2 Å². The molecule has 1 saturated heterocycles. The van der Waals surface area contributed by atoms with Crippen molar-refractivity contribution in [3.63, 3.8) is 0 Å². The van der Waals surface area contributed by atoms with Gasteiger partial charge in [-0.05, 0) is 70.6 Å². The Morgan fingerprint density at radius 3 is 1.96 bits per heavy atom. The Labute approximate surface area is 267 Å². The summed E-state index contributed by atoms with van der Waals surface area (Å²) in [5.41, 5.74) is -2.46. The van der Waals surface area contributed by atoms with Gasteiger partial charge in [-0.2, -0.15) is 0 Å². The summed E-state index contributed by atoms with van der Waals surface area (Å²) in [4.78, 5) is 80.1. The van der Waals surface area contributed by atoms with Crippen molar-refractivity contribution in [1.82, 2.24) is 20.9 Å². The van der Waals surface area contributed by atoms with Crippen molar-refractivity contribution in [2.24, 2.45) is 22.7 Å². The Hall–Kier alpha value is -3.22. The molecule has 0 aromatic rings. The lowest BCUT2D eigenvalue weighted by Crippen LogP contribution is -2.61. The number of alkyl carbamates (subject to hydrolysis) is 1. The Bertz CT molecular complexity index is 1150. The van der Waals surface area contributed by atoms with Crippen LogP contribution in [0.1, 0.15) is 89.0 Å². The third-order valence-corrected chi connectivity index (χ3v) is 7.86. The van der Waals surface area contributed by atoms with Crippen LogP contribution in [-0.2, 0) is 38.2 Å². The molecule has 256 valence electrons. The third kappa shape index (κ3) is 10.4. The summed E-state index contributed by atoms with van der Waals surface area (Å²) in [5, 5.41) is 7.77. The van der Waals surface area contributed by atoms with Crippen LogP contribution in [0, 0.1) is 22.7 Å². The lowest BCUT2D eigenvalue weighted by atomic mass is 9.55. The van der Waals surface area contributed by atoms with E-state index in [0.29, 0.717) is 6.54 Å². The molecular formula is C32H54N4O9. The topological polar surface area (TPSA) is 169 Å². The Morgan fingerprint density at radius 2 is 1.47 bits per heavy atom. The van der Waals surface area contributed by atoms with Crippen molar-refractivity contribution in [2.45, 2.75) is 118 Å². The molecule has 1 heterocycles. The quantitative estimate of drug-likeness (QED) is 0.227. The summed E-state index contributed by atoms with van der Waals surface area (Å²) in [7, 11) is 1.33. The number of hydrogen-bond donors (Lipinski definition) is 3. The first-order valence-electron chi connectivity index (χ1n) is 15.5. The molecule has 2 fully saturated rings. The van der Waals surface area contributed by atoms with E-state index in [1.807, 2.05) is 34.6 Å². The van der Waals surface area contributed by atoms with Gasteiger partial charge in [0.05, 0.1) is 13.0 Å². The summed E-state index contributed by atoms with van der Waals surface area (Å²) >= 11 is 0. The van der Waals surface area contributed by atoms with Crippen LogP contribution < -0.4 is 16.0 Å². The molecule has 1 unspecified atom stereocenters. The molecular weight excluding hydrogens is 584 g/mol. The maximum absolute atomic E-state index is 14.1. The van der Waals surface area contributed by atoms with E-state index in [0.717, 1.165) is 6.42 Å². The van der Waals surface area contributed by atoms with E-state index >= 15 is 0 Å². The van der Waals surface area contributed by atoms with Crippen molar-refractivity contribution < 1.29 is 43.0 Å². The Morgan fingerprint density at radius 1 is 0.889 bits per heavy atom. The molecule has 0 aromatic heterocycles. The molecule has 13 nitrogen and oxygen atoms in total. The maximum atomic E-state index is 14.1. The molecule has 3 N–H and O–H groups in total. The molecule has 0 radical (unpaired) electrons. The zero-order chi connectivity index (χ0) is 34.7. The number of methoxy groups -OCH3 is 1. The molecule has 1 aliphatic carbocycles.